The molecule has 63 heteroatoms. The fourth-order valence-corrected chi connectivity index (χ4v) is 18.9. The zero-order chi connectivity index (χ0) is 93.9. The molecule has 5 fully saturated rings. The molecule has 0 aliphatic carbocycles. The average molecular weight is 1960 g/mol. The lowest BCUT2D eigenvalue weighted by molar-refractivity contribution is -0.241. The van der Waals surface area contributed by atoms with Crippen LogP contribution in [0.4, 0.5) is 17.6 Å². The number of rotatable bonds is 49. The quantitative estimate of drug-likeness (QED) is 0.0138. The van der Waals surface area contributed by atoms with Crippen molar-refractivity contribution in [1.82, 2.24) is 57.7 Å². The SMILES string of the molecule is COCCO[C@H]1C(OP(=O)([O-])OC[C@H]2O[C@@H](n3cnc4c(=O)[nH]c(N)nc43)[C@@H](OCCOC)C2OP(=O)([O-])OC[C@H]2O[C@@H](n3cc(C)c(=O)[nH]c3=O)[C@@H](OCCOC)C2OP(=O)([O-])OC[C@H]2O[C@@H](n3cc(C)c(=O)[nH]c3=O)[C@@H](OCCOC)C2OP(=O)([O-])OC)[C@@H](COP([O-])(=S)OC2[C@@H](CO)O[C@@H](n3cc(C)c(N)nc3=O)[C@H]2OCCOC)O[C@H]1n1cc(C)c(N)nc1=O. The van der Waals surface area contributed by atoms with Gasteiger partial charge in [-0.15, -0.1) is 0 Å². The predicted octanol–water partition coefficient (Wildman–Crippen LogP) is -6.55. The lowest BCUT2D eigenvalue weighted by Crippen LogP contribution is -2.43. The highest BCUT2D eigenvalue weighted by Crippen LogP contribution is 2.55. The number of imidazole rings is 1. The van der Waals surface area contributed by atoms with Crippen molar-refractivity contribution in [3.63, 3.8) is 0 Å². The first-order valence-corrected chi connectivity index (χ1v) is 47.1. The van der Waals surface area contributed by atoms with E-state index >= 15 is 18.9 Å². The monoisotopic (exact) mass is 1960 g/mol. The number of hydrogen-bond acceptors (Lipinski definition) is 50. The van der Waals surface area contributed by atoms with Crippen molar-refractivity contribution in [1.29, 1.82) is 0 Å². The predicted molar refractivity (Wildman–Crippen MR) is 425 cm³/mol. The van der Waals surface area contributed by atoms with Gasteiger partial charge in [-0.1, -0.05) is 11.8 Å². The van der Waals surface area contributed by atoms with Crippen molar-refractivity contribution in [2.24, 2.45) is 0 Å². The summed E-state index contributed by atoms with van der Waals surface area (Å²) < 4.78 is 205. The van der Waals surface area contributed by atoms with Gasteiger partial charge in [-0.2, -0.15) is 15.0 Å². The minimum absolute atomic E-state index is 0.0601. The highest BCUT2D eigenvalue weighted by Gasteiger charge is 2.57. The molecule has 10 N–H and O–H groups in total. The van der Waals surface area contributed by atoms with Crippen molar-refractivity contribution in [3.05, 3.63) is 126 Å². The molecule has 11 heterocycles. The lowest BCUT2D eigenvalue weighted by atomic mass is 10.1. The Balaban J connectivity index is 0.917. The van der Waals surface area contributed by atoms with Crippen LogP contribution in [0.5, 0.6) is 0 Å². The Morgan fingerprint density at radius 1 is 0.403 bits per heavy atom. The van der Waals surface area contributed by atoms with E-state index < -0.39 is 264 Å². The number of aromatic amines is 3. The van der Waals surface area contributed by atoms with E-state index in [1.807, 2.05) is 0 Å². The summed E-state index contributed by atoms with van der Waals surface area (Å²) in [6, 6.07) is 0. The number of fused-ring (bicyclic) bond motifs is 1. The van der Waals surface area contributed by atoms with E-state index in [1.165, 1.54) is 69.4 Å². The van der Waals surface area contributed by atoms with Crippen LogP contribution in [-0.4, -0.2) is 296 Å². The number of aliphatic hydroxyl groups is 1. The molecule has 0 aromatic carbocycles. The molecule has 0 radical (unpaired) electrons. The van der Waals surface area contributed by atoms with Crippen molar-refractivity contribution in [2.45, 2.75) is 150 Å². The summed E-state index contributed by atoms with van der Waals surface area (Å²) in [5, 5.41) is 10.7. The highest BCUT2D eigenvalue weighted by molar-refractivity contribution is 8.06. The van der Waals surface area contributed by atoms with Crippen molar-refractivity contribution >= 4 is 78.6 Å². The van der Waals surface area contributed by atoms with Gasteiger partial charge in [0.15, 0.2) is 42.3 Å². The third-order valence-corrected chi connectivity index (χ3v) is 25.5. The summed E-state index contributed by atoms with van der Waals surface area (Å²) >= 11 is 5.43. The number of H-pyrrole nitrogens is 3. The number of phosphoric acid groups is 4. The van der Waals surface area contributed by atoms with E-state index in [2.05, 4.69) is 39.4 Å². The Bertz CT molecular complexity index is 5550. The number of methoxy groups -OCH3 is 5. The van der Waals surface area contributed by atoms with E-state index in [-0.39, 0.29) is 80.2 Å². The van der Waals surface area contributed by atoms with E-state index in [1.54, 1.807) is 0 Å². The summed E-state index contributed by atoms with van der Waals surface area (Å²) in [4.78, 5) is 188. The summed E-state index contributed by atoms with van der Waals surface area (Å²) in [6.07, 6.45) is -32.3. The Hall–Kier alpha value is -6.80. The fourth-order valence-electron chi connectivity index (χ4n) is 14.0. The number of ether oxygens (including phenoxy) is 15. The molecule has 57 nitrogen and oxygen atoms in total. The molecule has 0 saturated carbocycles. The maximum Gasteiger partial charge on any atom is 0.351 e. The molecular weight excluding hydrogens is 1860 g/mol. The zero-order valence-corrected chi connectivity index (χ0v) is 75.4. The molecule has 10 unspecified atom stereocenters. The van der Waals surface area contributed by atoms with Crippen molar-refractivity contribution in [2.75, 3.05) is 159 Å². The maximum atomic E-state index is 15.1. The molecule has 6 aromatic heterocycles. The topological polar surface area (TPSA) is 756 Å². The van der Waals surface area contributed by atoms with Crippen LogP contribution in [0.2, 0.25) is 0 Å². The minimum atomic E-state index is -6.29. The van der Waals surface area contributed by atoms with Gasteiger partial charge >= 0.3 is 22.8 Å². The van der Waals surface area contributed by atoms with Gasteiger partial charge in [-0.25, -0.2) is 24.2 Å². The molecule has 0 spiro atoms. The largest absolute Gasteiger partial charge is 0.780 e. The summed E-state index contributed by atoms with van der Waals surface area (Å²) in [5.74, 6) is -0.872. The van der Waals surface area contributed by atoms with Gasteiger partial charge in [0, 0.05) is 89.7 Å². The zero-order valence-electron chi connectivity index (χ0n) is 70.1. The second kappa shape index (κ2) is 44.6. The fraction of sp³-hybridized carbons (Fsp3) is 0.682. The number of aryl methyl sites for hydroxylation is 4. The second-order valence-electron chi connectivity index (χ2n) is 28.8. The number of aromatic nitrogens is 12. The van der Waals surface area contributed by atoms with Crippen molar-refractivity contribution < 1.29 is 164 Å². The highest BCUT2D eigenvalue weighted by atomic mass is 32.5. The van der Waals surface area contributed by atoms with Crippen LogP contribution in [0.15, 0.2) is 64.7 Å². The second-order valence-corrected chi connectivity index (χ2v) is 37.1. The number of nitrogens with one attached hydrogen (secondary N) is 3. The van der Waals surface area contributed by atoms with Gasteiger partial charge in [-0.05, 0) is 27.7 Å². The molecule has 5 aliphatic heterocycles. The Morgan fingerprint density at radius 3 is 1.05 bits per heavy atom. The number of nitrogens with zero attached hydrogens (tertiary/aromatic N) is 9. The number of phosphoric ester groups is 4. The van der Waals surface area contributed by atoms with Crippen LogP contribution in [0, 0.1) is 27.7 Å². The van der Waals surface area contributed by atoms with Crippen LogP contribution >= 0.6 is 38.0 Å². The first-order valence-electron chi connectivity index (χ1n) is 38.7. The van der Waals surface area contributed by atoms with Crippen LogP contribution in [0.25, 0.3) is 11.2 Å². The van der Waals surface area contributed by atoms with E-state index in [0.29, 0.717) is 17.2 Å². The molecule has 722 valence electrons. The molecule has 0 amide bonds. The lowest BCUT2D eigenvalue weighted by Gasteiger charge is -2.36. The average Bonchev–Trinajstić information content (AvgIpc) is 1.65. The van der Waals surface area contributed by atoms with Crippen LogP contribution in [0.3, 0.4) is 0 Å². The third-order valence-electron chi connectivity index (χ3n) is 20.1. The van der Waals surface area contributed by atoms with Gasteiger partial charge in [0.05, 0.1) is 105 Å². The van der Waals surface area contributed by atoms with Gasteiger partial charge in [0.2, 0.25) is 5.95 Å². The Labute approximate surface area is 733 Å². The van der Waals surface area contributed by atoms with Crippen LogP contribution in [0.1, 0.15) is 53.4 Å². The van der Waals surface area contributed by atoms with E-state index in [9.17, 15) is 62.5 Å². The molecule has 5 aliphatic rings. The summed E-state index contributed by atoms with van der Waals surface area (Å²) in [6.45, 7) is -8.77. The minimum Gasteiger partial charge on any atom is -0.780 e. The van der Waals surface area contributed by atoms with Gasteiger partial charge < -0.3 is 163 Å². The molecule has 0 bridgehead atoms. The Kier molecular flexibility index (Phi) is 35.5. The molecule has 6 aromatic rings. The molecule has 11 rings (SSSR count). The van der Waals surface area contributed by atoms with Gasteiger partial charge in [0.1, 0.15) is 110 Å². The standard InChI is InChI=1S/C66H100N15O42P5S/c1-31-21-77(63(86)71-51(31)67)57-46(105-16-11-99-5)41(35(25-82)114-57)123-128(98,129)113-29-39-45(49(108-19-14-102-8)58(117-39)78-22-32(2)52(68)72-64(78)87)122-127(96,97)112-28-38-44(50(109-20-15-103-9)61(118-38)81-30-70-40-53(81)73-62(69)74-56(40)85)121-126(94,95)111-27-37-43(48(107-18-13-101-7)60(116-37)80-24-34(4)55(84)76-66(80)89)120-125(92,93)110-26-36-42(119-124(90,91)104-10)47(106-17-12-100-6)59(115-36)79-23-33(3)54(83)75-65(79)88/h21-24,30,35-39,41-50,57-61,82H,11-20,25-29H2,1-10H3,(H,90,91)(H,92,93)(H,94,95)(H,96,97)(H,98,129)(H2,67,71,86)(H2,68,72,87)(H,75,83,88)(H,76,84,89)(H3,69,73,74,85)/p-5/t35-,36-,37-,38-,39-,41?,42?,43?,44?,45?,46+,47+,48+,49+,50+,57-,58-,59-,60-,61-,128?/m1/s1. The van der Waals surface area contributed by atoms with Gasteiger partial charge in [-0.3, -0.25) is 70.4 Å². The Morgan fingerprint density at radius 2 is 0.713 bits per heavy atom. The third kappa shape index (κ3) is 25.2. The normalized spacial score (nSPS) is 28.9. The smallest absolute Gasteiger partial charge is 0.351 e. The van der Waals surface area contributed by atoms with Crippen LogP contribution < -0.4 is 81.1 Å². The molecule has 5 saturated heterocycles. The molecule has 25 atom stereocenters. The number of hydrogen-bond donors (Lipinski definition) is 7. The number of aliphatic hydroxyl groups excluding tert-OH is 1. The summed E-state index contributed by atoms with van der Waals surface area (Å²) in [5.41, 5.74) is 10.3. The number of nitrogens with two attached hydrogens (primary N) is 3. The van der Waals surface area contributed by atoms with Crippen molar-refractivity contribution in [3.8, 4) is 0 Å². The first kappa shape index (κ1) is 103. The van der Waals surface area contributed by atoms with E-state index in [0.717, 1.165) is 43.2 Å². The number of anilines is 3. The molecular formula is C66H95N15O42P5S-5. The van der Waals surface area contributed by atoms with E-state index in [4.69, 9.17) is 141 Å². The van der Waals surface area contributed by atoms with Gasteiger partial charge in [0.25, 0.3) is 48.0 Å². The number of nitrogen functional groups attached to an aromatic ring is 3. The van der Waals surface area contributed by atoms with Crippen LogP contribution in [-0.2, 0) is 146 Å². The summed E-state index contributed by atoms with van der Waals surface area (Å²) in [7, 11) is -16.9. The molecule has 129 heavy (non-hydrogen) atoms. The maximum absolute atomic E-state index is 15.1. The first-order chi connectivity index (χ1) is 61.1.